The molecule has 1 aromatic rings. The second-order valence-electron chi connectivity index (χ2n) is 4.15. The SMILES string of the molecule is CC(CNC(=O)NC(C)c1nccs1)CC(=O)O. The predicted molar refractivity (Wildman–Crippen MR) is 68.5 cm³/mol. The molecule has 0 aliphatic carbocycles. The van der Waals surface area contributed by atoms with Crippen LogP contribution in [-0.2, 0) is 4.79 Å². The van der Waals surface area contributed by atoms with Crippen molar-refractivity contribution >= 4 is 23.3 Å². The number of amides is 2. The molecule has 100 valence electrons. The molecule has 0 saturated carbocycles. The normalized spacial score (nSPS) is 13.7. The number of carboxylic acids is 1. The van der Waals surface area contributed by atoms with Crippen LogP contribution in [0.15, 0.2) is 11.6 Å². The molecule has 18 heavy (non-hydrogen) atoms. The van der Waals surface area contributed by atoms with Gasteiger partial charge in [0.25, 0.3) is 0 Å². The summed E-state index contributed by atoms with van der Waals surface area (Å²) in [6.45, 7) is 3.96. The summed E-state index contributed by atoms with van der Waals surface area (Å²) in [5.74, 6) is -0.954. The van der Waals surface area contributed by atoms with Crippen LogP contribution in [0.1, 0.15) is 31.3 Å². The predicted octanol–water partition coefficient (Wildman–Crippen LogP) is 1.61. The van der Waals surface area contributed by atoms with Crippen LogP contribution in [0.4, 0.5) is 4.79 Å². The fraction of sp³-hybridized carbons (Fsp3) is 0.545. The number of aromatic nitrogens is 1. The lowest BCUT2D eigenvalue weighted by Crippen LogP contribution is -2.39. The Morgan fingerprint density at radius 1 is 1.50 bits per heavy atom. The van der Waals surface area contributed by atoms with Crippen molar-refractivity contribution < 1.29 is 14.7 Å². The molecule has 0 aliphatic heterocycles. The number of carbonyl (C=O) groups excluding carboxylic acids is 1. The maximum atomic E-state index is 11.5. The summed E-state index contributed by atoms with van der Waals surface area (Å²) in [5.41, 5.74) is 0. The molecule has 1 heterocycles. The number of thiazole rings is 1. The molecule has 7 heteroatoms. The van der Waals surface area contributed by atoms with Crippen molar-refractivity contribution in [3.63, 3.8) is 0 Å². The number of rotatable bonds is 6. The molecule has 0 bridgehead atoms. The zero-order chi connectivity index (χ0) is 13.5. The Morgan fingerprint density at radius 2 is 2.22 bits per heavy atom. The van der Waals surface area contributed by atoms with Gasteiger partial charge in [0.15, 0.2) is 0 Å². The van der Waals surface area contributed by atoms with Crippen LogP contribution >= 0.6 is 11.3 Å². The summed E-state index contributed by atoms with van der Waals surface area (Å²) in [6.07, 6.45) is 1.73. The zero-order valence-corrected chi connectivity index (χ0v) is 11.2. The van der Waals surface area contributed by atoms with Gasteiger partial charge in [-0.3, -0.25) is 4.79 Å². The quantitative estimate of drug-likeness (QED) is 0.733. The Morgan fingerprint density at radius 3 is 2.78 bits per heavy atom. The topological polar surface area (TPSA) is 91.3 Å². The van der Waals surface area contributed by atoms with E-state index in [1.165, 1.54) is 11.3 Å². The minimum absolute atomic E-state index is 0.0440. The molecule has 6 nitrogen and oxygen atoms in total. The molecule has 0 saturated heterocycles. The summed E-state index contributed by atoms with van der Waals surface area (Å²) in [4.78, 5) is 26.1. The Labute approximate surface area is 109 Å². The molecule has 0 fully saturated rings. The van der Waals surface area contributed by atoms with Gasteiger partial charge in [-0.2, -0.15) is 0 Å². The van der Waals surface area contributed by atoms with Crippen molar-refractivity contribution in [3.8, 4) is 0 Å². The van der Waals surface area contributed by atoms with Gasteiger partial charge >= 0.3 is 12.0 Å². The Kier molecular flexibility index (Phi) is 5.57. The van der Waals surface area contributed by atoms with Crippen molar-refractivity contribution in [2.45, 2.75) is 26.3 Å². The second kappa shape index (κ2) is 6.95. The summed E-state index contributed by atoms with van der Waals surface area (Å²) >= 11 is 1.47. The molecule has 3 N–H and O–H groups in total. The van der Waals surface area contributed by atoms with E-state index < -0.39 is 5.97 Å². The number of carbonyl (C=O) groups is 2. The van der Waals surface area contributed by atoms with E-state index in [1.54, 1.807) is 13.1 Å². The van der Waals surface area contributed by atoms with Crippen LogP contribution in [0, 0.1) is 5.92 Å². The largest absolute Gasteiger partial charge is 0.481 e. The Balaban J connectivity index is 2.27. The van der Waals surface area contributed by atoms with Crippen molar-refractivity contribution in [3.05, 3.63) is 16.6 Å². The molecule has 0 aromatic carbocycles. The van der Waals surface area contributed by atoms with E-state index in [1.807, 2.05) is 12.3 Å². The van der Waals surface area contributed by atoms with Gasteiger partial charge in [0, 0.05) is 24.5 Å². The molecular formula is C11H17N3O3S. The minimum Gasteiger partial charge on any atom is -0.481 e. The van der Waals surface area contributed by atoms with Gasteiger partial charge in [-0.1, -0.05) is 6.92 Å². The summed E-state index contributed by atoms with van der Waals surface area (Å²) in [6, 6.07) is -0.463. The number of nitrogens with zero attached hydrogens (tertiary/aromatic N) is 1. The van der Waals surface area contributed by atoms with Crippen LogP contribution in [-0.4, -0.2) is 28.6 Å². The highest BCUT2D eigenvalue weighted by atomic mass is 32.1. The summed E-state index contributed by atoms with van der Waals surface area (Å²) in [7, 11) is 0. The average molecular weight is 271 g/mol. The van der Waals surface area contributed by atoms with Crippen LogP contribution in [0.25, 0.3) is 0 Å². The molecule has 1 rings (SSSR count). The monoisotopic (exact) mass is 271 g/mol. The molecule has 2 amide bonds. The first-order valence-corrected chi connectivity index (χ1v) is 6.52. The summed E-state index contributed by atoms with van der Waals surface area (Å²) < 4.78 is 0. The zero-order valence-electron chi connectivity index (χ0n) is 10.3. The molecular weight excluding hydrogens is 254 g/mol. The van der Waals surface area contributed by atoms with E-state index in [0.29, 0.717) is 6.54 Å². The highest BCUT2D eigenvalue weighted by Crippen LogP contribution is 2.14. The first-order valence-electron chi connectivity index (χ1n) is 5.64. The van der Waals surface area contributed by atoms with Gasteiger partial charge < -0.3 is 15.7 Å². The lowest BCUT2D eigenvalue weighted by molar-refractivity contribution is -0.137. The Bertz CT molecular complexity index is 394. The maximum absolute atomic E-state index is 11.5. The van der Waals surface area contributed by atoms with Gasteiger partial charge in [-0.05, 0) is 12.8 Å². The van der Waals surface area contributed by atoms with E-state index in [2.05, 4.69) is 15.6 Å². The lowest BCUT2D eigenvalue weighted by atomic mass is 10.1. The molecule has 0 spiro atoms. The first kappa shape index (κ1) is 14.4. The van der Waals surface area contributed by atoms with Gasteiger partial charge in [0.05, 0.1) is 6.04 Å². The standard InChI is InChI=1S/C11H17N3O3S/c1-7(5-9(15)16)6-13-11(17)14-8(2)10-12-3-4-18-10/h3-4,7-8H,5-6H2,1-2H3,(H,15,16)(H2,13,14,17). The van der Waals surface area contributed by atoms with Gasteiger partial charge in [-0.15, -0.1) is 11.3 Å². The first-order chi connectivity index (χ1) is 8.49. The highest BCUT2D eigenvalue weighted by molar-refractivity contribution is 7.09. The number of carboxylic acid groups (broad SMARTS) is 1. The third-order valence-electron chi connectivity index (χ3n) is 2.30. The van der Waals surface area contributed by atoms with Crippen molar-refractivity contribution in [1.29, 1.82) is 0 Å². The van der Waals surface area contributed by atoms with E-state index in [0.717, 1.165) is 5.01 Å². The number of nitrogens with one attached hydrogen (secondary N) is 2. The van der Waals surface area contributed by atoms with Crippen molar-refractivity contribution in [2.75, 3.05) is 6.54 Å². The molecule has 0 aliphatic rings. The van der Waals surface area contributed by atoms with Crippen LogP contribution in [0.2, 0.25) is 0 Å². The fourth-order valence-corrected chi connectivity index (χ4v) is 2.04. The number of aliphatic carboxylic acids is 1. The summed E-state index contributed by atoms with van der Waals surface area (Å²) in [5, 5.41) is 16.7. The third-order valence-corrected chi connectivity index (χ3v) is 3.26. The van der Waals surface area contributed by atoms with Gasteiger partial charge in [0.2, 0.25) is 0 Å². The third kappa shape index (κ3) is 5.13. The molecule has 0 radical (unpaired) electrons. The van der Waals surface area contributed by atoms with Crippen LogP contribution < -0.4 is 10.6 Å². The van der Waals surface area contributed by atoms with Crippen LogP contribution in [0.5, 0.6) is 0 Å². The second-order valence-corrected chi connectivity index (χ2v) is 5.08. The van der Waals surface area contributed by atoms with Gasteiger partial charge in [-0.25, -0.2) is 9.78 Å². The Hall–Kier alpha value is -1.63. The van der Waals surface area contributed by atoms with Crippen molar-refractivity contribution in [1.82, 2.24) is 15.6 Å². The van der Waals surface area contributed by atoms with Crippen LogP contribution in [0.3, 0.4) is 0 Å². The molecule has 1 aromatic heterocycles. The molecule has 2 unspecified atom stereocenters. The molecule has 2 atom stereocenters. The van der Waals surface area contributed by atoms with E-state index in [-0.39, 0.29) is 24.4 Å². The smallest absolute Gasteiger partial charge is 0.315 e. The number of hydrogen-bond acceptors (Lipinski definition) is 4. The average Bonchev–Trinajstić information content (AvgIpc) is 2.78. The van der Waals surface area contributed by atoms with E-state index in [9.17, 15) is 9.59 Å². The number of urea groups is 1. The van der Waals surface area contributed by atoms with E-state index >= 15 is 0 Å². The number of hydrogen-bond donors (Lipinski definition) is 3. The van der Waals surface area contributed by atoms with Gasteiger partial charge in [0.1, 0.15) is 5.01 Å². The lowest BCUT2D eigenvalue weighted by Gasteiger charge is -2.14. The fourth-order valence-electron chi connectivity index (χ4n) is 1.39. The van der Waals surface area contributed by atoms with E-state index in [4.69, 9.17) is 5.11 Å². The van der Waals surface area contributed by atoms with Crippen molar-refractivity contribution in [2.24, 2.45) is 5.92 Å². The highest BCUT2D eigenvalue weighted by Gasteiger charge is 2.13. The maximum Gasteiger partial charge on any atom is 0.315 e. The minimum atomic E-state index is -0.860.